The van der Waals surface area contributed by atoms with Gasteiger partial charge in [-0.1, -0.05) is 30.3 Å². The third kappa shape index (κ3) is 2.43. The Kier molecular flexibility index (Phi) is 3.50. The van der Waals surface area contributed by atoms with Crippen LogP contribution in [0.4, 0.5) is 11.4 Å². The lowest BCUT2D eigenvalue weighted by Crippen LogP contribution is -1.98. The highest BCUT2D eigenvalue weighted by molar-refractivity contribution is 5.98. The van der Waals surface area contributed by atoms with Crippen LogP contribution in [-0.4, -0.2) is 11.6 Å². The highest BCUT2D eigenvalue weighted by atomic mass is 16.5. The van der Waals surface area contributed by atoms with Gasteiger partial charge in [-0.05, 0) is 36.6 Å². The van der Waals surface area contributed by atoms with Gasteiger partial charge in [0.2, 0.25) is 5.88 Å². The average molecular weight is 264 g/mol. The van der Waals surface area contributed by atoms with Crippen LogP contribution in [0.25, 0.3) is 10.8 Å². The maximum absolute atomic E-state index is 5.65. The Morgan fingerprint density at radius 3 is 2.65 bits per heavy atom. The second-order valence-corrected chi connectivity index (χ2v) is 4.44. The van der Waals surface area contributed by atoms with Gasteiger partial charge in [0.05, 0.1) is 17.7 Å². The molecular formula is C17H16N2O. The molecule has 0 bridgehead atoms. The Hall–Kier alpha value is -2.55. The fraction of sp³-hybridized carbons (Fsp3) is 0.118. The monoisotopic (exact) mass is 264 g/mol. The van der Waals surface area contributed by atoms with Crippen molar-refractivity contribution in [3.05, 3.63) is 60.8 Å². The van der Waals surface area contributed by atoms with Gasteiger partial charge in [-0.15, -0.1) is 0 Å². The number of pyridine rings is 1. The summed E-state index contributed by atoms with van der Waals surface area (Å²) in [6, 6.07) is 18.2. The van der Waals surface area contributed by atoms with E-state index in [9.17, 15) is 0 Å². The molecular weight excluding hydrogens is 248 g/mol. The second-order valence-electron chi connectivity index (χ2n) is 4.44. The maximum atomic E-state index is 5.65. The van der Waals surface area contributed by atoms with Crippen molar-refractivity contribution in [3.63, 3.8) is 0 Å². The molecule has 0 unspecified atom stereocenters. The zero-order valence-corrected chi connectivity index (χ0v) is 11.3. The summed E-state index contributed by atoms with van der Waals surface area (Å²) in [7, 11) is 0. The highest BCUT2D eigenvalue weighted by Crippen LogP contribution is 2.32. The number of nitrogens with zero attached hydrogens (tertiary/aromatic N) is 1. The van der Waals surface area contributed by atoms with E-state index >= 15 is 0 Å². The minimum atomic E-state index is 0.603. The van der Waals surface area contributed by atoms with Crippen molar-refractivity contribution in [2.45, 2.75) is 6.92 Å². The van der Waals surface area contributed by atoms with Crippen molar-refractivity contribution < 1.29 is 4.74 Å². The predicted octanol–water partition coefficient (Wildman–Crippen LogP) is 4.38. The average Bonchev–Trinajstić information content (AvgIpc) is 2.49. The summed E-state index contributed by atoms with van der Waals surface area (Å²) in [4.78, 5) is 4.34. The SMILES string of the molecule is CCOc1nccc2cccc(Nc3ccccc3)c12. The second kappa shape index (κ2) is 5.61. The Bertz CT molecular complexity index is 705. The summed E-state index contributed by atoms with van der Waals surface area (Å²) in [6.45, 7) is 2.57. The number of para-hydroxylation sites is 1. The summed E-state index contributed by atoms with van der Waals surface area (Å²) in [6.07, 6.45) is 1.78. The van der Waals surface area contributed by atoms with Crippen LogP contribution in [-0.2, 0) is 0 Å². The quantitative estimate of drug-likeness (QED) is 0.759. The molecule has 0 spiro atoms. The number of benzene rings is 2. The van der Waals surface area contributed by atoms with E-state index in [1.165, 1.54) is 0 Å². The molecule has 0 aliphatic rings. The number of rotatable bonds is 4. The first-order valence-corrected chi connectivity index (χ1v) is 6.71. The molecule has 3 aromatic rings. The predicted molar refractivity (Wildman–Crippen MR) is 82.6 cm³/mol. The fourth-order valence-corrected chi connectivity index (χ4v) is 2.22. The molecule has 0 aliphatic carbocycles. The number of hydrogen-bond donors (Lipinski definition) is 1. The van der Waals surface area contributed by atoms with Gasteiger partial charge in [-0.3, -0.25) is 0 Å². The van der Waals surface area contributed by atoms with E-state index in [1.54, 1.807) is 6.20 Å². The Morgan fingerprint density at radius 1 is 1.00 bits per heavy atom. The van der Waals surface area contributed by atoms with Gasteiger partial charge in [0.1, 0.15) is 0 Å². The third-order valence-corrected chi connectivity index (χ3v) is 3.09. The number of nitrogens with one attached hydrogen (secondary N) is 1. The molecule has 100 valence electrons. The van der Waals surface area contributed by atoms with Gasteiger partial charge in [0.25, 0.3) is 0 Å². The first kappa shape index (κ1) is 12.5. The molecule has 0 atom stereocenters. The van der Waals surface area contributed by atoms with Gasteiger partial charge in [0.15, 0.2) is 0 Å². The van der Waals surface area contributed by atoms with E-state index in [4.69, 9.17) is 4.74 Å². The van der Waals surface area contributed by atoms with E-state index in [-0.39, 0.29) is 0 Å². The van der Waals surface area contributed by atoms with Crippen LogP contribution in [0.15, 0.2) is 60.8 Å². The van der Waals surface area contributed by atoms with Crippen LogP contribution in [0, 0.1) is 0 Å². The molecule has 20 heavy (non-hydrogen) atoms. The van der Waals surface area contributed by atoms with E-state index < -0.39 is 0 Å². The lowest BCUT2D eigenvalue weighted by molar-refractivity contribution is 0.331. The first-order valence-electron chi connectivity index (χ1n) is 6.71. The highest BCUT2D eigenvalue weighted by Gasteiger charge is 2.08. The number of aromatic nitrogens is 1. The molecule has 1 heterocycles. The number of ether oxygens (including phenoxy) is 1. The molecule has 0 aliphatic heterocycles. The zero-order valence-electron chi connectivity index (χ0n) is 11.3. The van der Waals surface area contributed by atoms with Crippen molar-refractivity contribution in [3.8, 4) is 5.88 Å². The minimum Gasteiger partial charge on any atom is -0.477 e. The van der Waals surface area contributed by atoms with Crippen LogP contribution in [0.3, 0.4) is 0 Å². The minimum absolute atomic E-state index is 0.603. The fourth-order valence-electron chi connectivity index (χ4n) is 2.22. The molecule has 0 saturated carbocycles. The van der Waals surface area contributed by atoms with Crippen LogP contribution < -0.4 is 10.1 Å². The Morgan fingerprint density at radius 2 is 1.85 bits per heavy atom. The van der Waals surface area contributed by atoms with Crippen LogP contribution in [0.1, 0.15) is 6.92 Å². The third-order valence-electron chi connectivity index (χ3n) is 3.09. The summed E-state index contributed by atoms with van der Waals surface area (Å²) in [5.41, 5.74) is 2.05. The summed E-state index contributed by atoms with van der Waals surface area (Å²) < 4.78 is 5.65. The molecule has 1 aromatic heterocycles. The lowest BCUT2D eigenvalue weighted by atomic mass is 10.1. The van der Waals surface area contributed by atoms with Crippen molar-refractivity contribution in [1.29, 1.82) is 0 Å². The summed E-state index contributed by atoms with van der Waals surface area (Å²) in [5, 5.41) is 5.56. The van der Waals surface area contributed by atoms with Gasteiger partial charge in [-0.25, -0.2) is 4.98 Å². The molecule has 3 heteroatoms. The molecule has 0 saturated heterocycles. The normalized spacial score (nSPS) is 10.4. The summed E-state index contributed by atoms with van der Waals surface area (Å²) in [5.74, 6) is 0.670. The lowest BCUT2D eigenvalue weighted by Gasteiger charge is -2.12. The number of anilines is 2. The van der Waals surface area contributed by atoms with Crippen LogP contribution in [0.5, 0.6) is 5.88 Å². The Balaban J connectivity index is 2.10. The van der Waals surface area contributed by atoms with E-state index in [0.717, 1.165) is 22.1 Å². The maximum Gasteiger partial charge on any atom is 0.223 e. The molecule has 1 N–H and O–H groups in total. The van der Waals surface area contributed by atoms with E-state index in [2.05, 4.69) is 16.4 Å². The van der Waals surface area contributed by atoms with Gasteiger partial charge < -0.3 is 10.1 Å². The van der Waals surface area contributed by atoms with E-state index in [0.29, 0.717) is 12.5 Å². The van der Waals surface area contributed by atoms with E-state index in [1.807, 2.05) is 55.5 Å². The number of hydrogen-bond acceptors (Lipinski definition) is 3. The standard InChI is InChI=1S/C17H16N2O/c1-2-20-17-16-13(11-12-18-17)7-6-10-15(16)19-14-8-4-3-5-9-14/h3-12,19H,2H2,1H3. The van der Waals surface area contributed by atoms with Crippen molar-refractivity contribution in [1.82, 2.24) is 4.98 Å². The van der Waals surface area contributed by atoms with Crippen molar-refractivity contribution >= 4 is 22.1 Å². The van der Waals surface area contributed by atoms with Gasteiger partial charge >= 0.3 is 0 Å². The smallest absolute Gasteiger partial charge is 0.223 e. The molecule has 2 aromatic carbocycles. The topological polar surface area (TPSA) is 34.1 Å². The van der Waals surface area contributed by atoms with Crippen LogP contribution >= 0.6 is 0 Å². The first-order chi connectivity index (χ1) is 9.88. The number of fused-ring (bicyclic) bond motifs is 1. The van der Waals surface area contributed by atoms with Crippen LogP contribution in [0.2, 0.25) is 0 Å². The summed E-state index contributed by atoms with van der Waals surface area (Å²) >= 11 is 0. The molecule has 3 nitrogen and oxygen atoms in total. The van der Waals surface area contributed by atoms with Gasteiger partial charge in [-0.2, -0.15) is 0 Å². The molecule has 3 rings (SSSR count). The van der Waals surface area contributed by atoms with Crippen molar-refractivity contribution in [2.75, 3.05) is 11.9 Å². The zero-order chi connectivity index (χ0) is 13.8. The molecule has 0 fully saturated rings. The largest absolute Gasteiger partial charge is 0.477 e. The van der Waals surface area contributed by atoms with Crippen molar-refractivity contribution in [2.24, 2.45) is 0 Å². The molecule has 0 amide bonds. The Labute approximate surface area is 118 Å². The molecule has 0 radical (unpaired) electrons. The van der Waals surface area contributed by atoms with Gasteiger partial charge in [0, 0.05) is 11.9 Å².